The Morgan fingerprint density at radius 2 is 1.59 bits per heavy atom. The summed E-state index contributed by atoms with van der Waals surface area (Å²) in [5.74, 6) is -1.21. The predicted octanol–water partition coefficient (Wildman–Crippen LogP) is 3.36. The van der Waals surface area contributed by atoms with Crippen LogP contribution in [-0.2, 0) is 32.2 Å². The molecule has 12 heteroatoms. The van der Waals surface area contributed by atoms with Gasteiger partial charge < -0.3 is 10.6 Å². The van der Waals surface area contributed by atoms with Gasteiger partial charge in [-0.15, -0.1) is 0 Å². The van der Waals surface area contributed by atoms with E-state index in [1.54, 1.807) is 6.07 Å². The molecule has 0 aromatic carbocycles. The summed E-state index contributed by atoms with van der Waals surface area (Å²) in [6.07, 6.45) is 7.17. The molecule has 0 aliphatic carbocycles. The Balaban J connectivity index is 3.39. The highest BCUT2D eigenvalue weighted by Crippen LogP contribution is 2.38. The lowest BCUT2D eigenvalue weighted by Crippen LogP contribution is -2.31. The molecule has 0 aliphatic rings. The van der Waals surface area contributed by atoms with E-state index in [1.807, 2.05) is 13.0 Å². The molecule has 0 saturated heterocycles. The van der Waals surface area contributed by atoms with Crippen LogP contribution in [0, 0.1) is 11.3 Å². The molecular formula is C25H43N3O7S2. The monoisotopic (exact) mass is 561 g/mol. The summed E-state index contributed by atoms with van der Waals surface area (Å²) in [5, 5.41) is 5.37. The number of carbonyl (C=O) groups excluding carboxylic acids is 1. The van der Waals surface area contributed by atoms with E-state index >= 15 is 0 Å². The maximum Gasteiger partial charge on any atom is 0.269 e. The number of allylic oxidation sites excluding steroid dienone is 2. The van der Waals surface area contributed by atoms with Crippen molar-refractivity contribution in [3.8, 4) is 0 Å². The van der Waals surface area contributed by atoms with Crippen LogP contribution in [0.15, 0.2) is 24.3 Å². The van der Waals surface area contributed by atoms with Crippen LogP contribution in [0.3, 0.4) is 0 Å². The molecule has 0 bridgehead atoms. The van der Waals surface area contributed by atoms with Crippen molar-refractivity contribution in [1.82, 2.24) is 15.6 Å². The topological polar surface area (TPSA) is 163 Å². The molecule has 0 aliphatic heterocycles. The largest absolute Gasteiger partial charge is 0.350 e. The van der Waals surface area contributed by atoms with Gasteiger partial charge in [-0.05, 0) is 41.9 Å². The van der Waals surface area contributed by atoms with Gasteiger partial charge >= 0.3 is 0 Å². The number of pyridine rings is 1. The Morgan fingerprint density at radius 3 is 2.11 bits per heavy atom. The second-order valence-corrected chi connectivity index (χ2v) is 13.2. The van der Waals surface area contributed by atoms with E-state index in [2.05, 4.69) is 62.4 Å². The Hall–Kier alpha value is -1.86. The molecule has 3 unspecified atom stereocenters. The van der Waals surface area contributed by atoms with Crippen LogP contribution in [0.1, 0.15) is 82.6 Å². The molecular weight excluding hydrogens is 518 g/mol. The first-order valence-electron chi connectivity index (χ1n) is 12.6. The first-order chi connectivity index (χ1) is 17.0. The Morgan fingerprint density at radius 1 is 1.00 bits per heavy atom. The standard InChI is InChI=1S/C25H43N3O7S2/c1-7-19(4)24(5,8-2)10-11-25(6,9-3)20-16-21(18-26-12-14-36(30,31)32)28-22(17-20)23(29)27-13-15-37(33,34)35/h10-11,16-17,19,26H,7-9,12-15,18H2,1-6H3,(H,27,29)(H,30,31,32)(H,33,34,35)/b11-10+. The number of rotatable bonds is 16. The second-order valence-electron chi connectivity index (χ2n) is 10.0. The van der Waals surface area contributed by atoms with E-state index in [1.165, 1.54) is 0 Å². The van der Waals surface area contributed by atoms with Crippen molar-refractivity contribution in [2.24, 2.45) is 11.3 Å². The SMILES string of the molecule is CCC(C)C(C)(/C=C/C(C)(CC)c1cc(CNCCS(=O)(=O)O)nc(C(=O)NCCS(=O)(=O)O)c1)CC. The first kappa shape index (κ1) is 33.2. The smallest absolute Gasteiger partial charge is 0.269 e. The van der Waals surface area contributed by atoms with Crippen molar-refractivity contribution in [2.75, 3.05) is 24.6 Å². The summed E-state index contributed by atoms with van der Waals surface area (Å²) in [4.78, 5) is 17.2. The van der Waals surface area contributed by atoms with Crippen LogP contribution in [0.2, 0.25) is 0 Å². The summed E-state index contributed by atoms with van der Waals surface area (Å²) >= 11 is 0. The Bertz CT molecular complexity index is 1150. The van der Waals surface area contributed by atoms with E-state index in [9.17, 15) is 21.6 Å². The minimum atomic E-state index is -4.23. The minimum absolute atomic E-state index is 0.00462. The maximum atomic E-state index is 12.8. The van der Waals surface area contributed by atoms with Gasteiger partial charge in [-0.25, -0.2) is 4.98 Å². The third-order valence-corrected chi connectivity index (χ3v) is 8.77. The van der Waals surface area contributed by atoms with Gasteiger partial charge in [-0.3, -0.25) is 13.9 Å². The van der Waals surface area contributed by atoms with Crippen molar-refractivity contribution in [1.29, 1.82) is 0 Å². The van der Waals surface area contributed by atoms with Gasteiger partial charge in [0, 0.05) is 25.0 Å². The van der Waals surface area contributed by atoms with Crippen molar-refractivity contribution in [2.45, 2.75) is 72.8 Å². The number of nitrogens with one attached hydrogen (secondary N) is 2. The second kappa shape index (κ2) is 13.8. The van der Waals surface area contributed by atoms with Gasteiger partial charge in [0.1, 0.15) is 5.69 Å². The summed E-state index contributed by atoms with van der Waals surface area (Å²) in [7, 11) is -8.35. The zero-order chi connectivity index (χ0) is 28.5. The van der Waals surface area contributed by atoms with Crippen molar-refractivity contribution < 1.29 is 30.7 Å². The molecule has 0 spiro atoms. The molecule has 212 valence electrons. The van der Waals surface area contributed by atoms with Crippen LogP contribution < -0.4 is 10.6 Å². The molecule has 3 atom stereocenters. The third kappa shape index (κ3) is 11.2. The zero-order valence-electron chi connectivity index (χ0n) is 22.7. The van der Waals surface area contributed by atoms with Gasteiger partial charge in [0.2, 0.25) is 0 Å². The van der Waals surface area contributed by atoms with E-state index in [-0.39, 0.29) is 30.7 Å². The summed E-state index contributed by atoms with van der Waals surface area (Å²) in [6, 6.07) is 3.53. The van der Waals surface area contributed by atoms with Crippen LogP contribution in [0.4, 0.5) is 0 Å². The highest BCUT2D eigenvalue weighted by Gasteiger charge is 2.29. The van der Waals surface area contributed by atoms with Crippen LogP contribution in [0.25, 0.3) is 0 Å². The average molecular weight is 562 g/mol. The van der Waals surface area contributed by atoms with E-state index in [4.69, 9.17) is 9.11 Å². The van der Waals surface area contributed by atoms with Crippen LogP contribution >= 0.6 is 0 Å². The average Bonchev–Trinajstić information content (AvgIpc) is 2.82. The molecule has 1 rings (SSSR count). The number of amides is 1. The molecule has 37 heavy (non-hydrogen) atoms. The van der Waals surface area contributed by atoms with Crippen molar-refractivity contribution >= 4 is 26.1 Å². The molecule has 10 nitrogen and oxygen atoms in total. The lowest BCUT2D eigenvalue weighted by atomic mass is 9.71. The maximum absolute atomic E-state index is 12.8. The summed E-state index contributed by atoms with van der Waals surface area (Å²) in [6.45, 7) is 12.8. The van der Waals surface area contributed by atoms with E-state index < -0.39 is 43.1 Å². The number of carbonyl (C=O) groups is 1. The molecule has 1 aromatic heterocycles. The van der Waals surface area contributed by atoms with E-state index in [0.717, 1.165) is 24.8 Å². The fourth-order valence-corrected chi connectivity index (χ4v) is 4.58. The summed E-state index contributed by atoms with van der Waals surface area (Å²) < 4.78 is 61.9. The van der Waals surface area contributed by atoms with Crippen molar-refractivity contribution in [3.05, 3.63) is 41.2 Å². The molecule has 4 N–H and O–H groups in total. The Kier molecular flexibility index (Phi) is 12.4. The third-order valence-electron chi connectivity index (χ3n) is 7.33. The number of nitrogens with zero attached hydrogens (tertiary/aromatic N) is 1. The Labute approximate surface area is 222 Å². The highest BCUT2D eigenvalue weighted by atomic mass is 32.2. The molecule has 1 amide bonds. The number of aromatic nitrogens is 1. The van der Waals surface area contributed by atoms with Crippen molar-refractivity contribution in [3.63, 3.8) is 0 Å². The van der Waals surface area contributed by atoms with Gasteiger partial charge in [0.25, 0.3) is 26.1 Å². The minimum Gasteiger partial charge on any atom is -0.350 e. The molecule has 0 radical (unpaired) electrons. The fraction of sp³-hybridized carbons (Fsp3) is 0.680. The predicted molar refractivity (Wildman–Crippen MR) is 146 cm³/mol. The number of hydrogen-bond acceptors (Lipinski definition) is 7. The number of hydrogen-bond donors (Lipinski definition) is 4. The molecule has 0 saturated carbocycles. The van der Waals surface area contributed by atoms with Gasteiger partial charge in [-0.2, -0.15) is 16.8 Å². The normalized spacial score (nSPS) is 16.8. The zero-order valence-corrected chi connectivity index (χ0v) is 24.4. The van der Waals surface area contributed by atoms with Crippen LogP contribution in [-0.4, -0.2) is 61.4 Å². The van der Waals surface area contributed by atoms with Gasteiger partial charge in [0.05, 0.1) is 17.2 Å². The first-order valence-corrected chi connectivity index (χ1v) is 15.8. The van der Waals surface area contributed by atoms with Crippen LogP contribution in [0.5, 0.6) is 0 Å². The lowest BCUT2D eigenvalue weighted by molar-refractivity contribution is 0.0950. The fourth-order valence-electron chi connectivity index (χ4n) is 3.82. The quantitative estimate of drug-likeness (QED) is 0.135. The van der Waals surface area contributed by atoms with Gasteiger partial charge in [-0.1, -0.05) is 60.1 Å². The highest BCUT2D eigenvalue weighted by molar-refractivity contribution is 7.86. The van der Waals surface area contributed by atoms with E-state index in [0.29, 0.717) is 11.6 Å². The molecule has 0 fully saturated rings. The molecule has 1 aromatic rings. The molecule has 1 heterocycles. The lowest BCUT2D eigenvalue weighted by Gasteiger charge is -2.34. The van der Waals surface area contributed by atoms with Gasteiger partial charge in [0.15, 0.2) is 0 Å². The summed E-state index contributed by atoms with van der Waals surface area (Å²) in [5.41, 5.74) is 0.942.